The Bertz CT molecular complexity index is 1290. The summed E-state index contributed by atoms with van der Waals surface area (Å²) in [6.45, 7) is 2.16. The van der Waals surface area contributed by atoms with Crippen molar-refractivity contribution in [1.82, 2.24) is 10.6 Å². The van der Waals surface area contributed by atoms with E-state index in [1.54, 1.807) is 42.7 Å². The number of carbonyl (C=O) groups excluding carboxylic acids is 2. The number of benzene rings is 2. The van der Waals surface area contributed by atoms with Crippen LogP contribution in [0.4, 0.5) is 0 Å². The Morgan fingerprint density at radius 3 is 2.34 bits per heavy atom. The summed E-state index contributed by atoms with van der Waals surface area (Å²) in [4.78, 5) is 25.8. The molecule has 1 heterocycles. The molecule has 1 unspecified atom stereocenters. The van der Waals surface area contributed by atoms with Gasteiger partial charge in [-0.2, -0.15) is 0 Å². The molecule has 3 aromatic rings. The van der Waals surface area contributed by atoms with Crippen molar-refractivity contribution in [2.24, 2.45) is 17.0 Å². The van der Waals surface area contributed by atoms with Gasteiger partial charge in [-0.25, -0.2) is 13.6 Å². The monoisotopic (exact) mass is 495 g/mol. The normalized spacial score (nSPS) is 18.7. The summed E-state index contributed by atoms with van der Waals surface area (Å²) in [6.07, 6.45) is 3.73. The van der Waals surface area contributed by atoms with Gasteiger partial charge in [-0.1, -0.05) is 48.9 Å². The number of nitrogens with two attached hydrogens (primary N) is 1. The first-order valence-electron chi connectivity index (χ1n) is 11.6. The first kappa shape index (κ1) is 24.7. The minimum absolute atomic E-state index is 0.0629. The Morgan fingerprint density at radius 2 is 1.69 bits per heavy atom. The molecule has 1 aliphatic carbocycles. The van der Waals surface area contributed by atoms with Gasteiger partial charge < -0.3 is 15.1 Å². The molecule has 0 saturated heterocycles. The summed E-state index contributed by atoms with van der Waals surface area (Å²) in [6, 6.07) is 17.1. The smallest absolute Gasteiger partial charge is 0.238 e. The van der Waals surface area contributed by atoms with Crippen molar-refractivity contribution < 1.29 is 22.4 Å². The molecule has 1 aliphatic rings. The first-order valence-corrected chi connectivity index (χ1v) is 13.1. The van der Waals surface area contributed by atoms with Crippen molar-refractivity contribution in [3.05, 3.63) is 78.3 Å². The number of furan rings is 1. The van der Waals surface area contributed by atoms with Crippen LogP contribution in [0.25, 0.3) is 11.1 Å². The quantitative estimate of drug-likeness (QED) is 0.440. The van der Waals surface area contributed by atoms with Crippen LogP contribution >= 0.6 is 0 Å². The number of hydrogen-bond acceptors (Lipinski definition) is 5. The largest absolute Gasteiger partial charge is 0.467 e. The Kier molecular flexibility index (Phi) is 7.37. The van der Waals surface area contributed by atoms with E-state index in [1.165, 1.54) is 6.07 Å². The highest BCUT2D eigenvalue weighted by molar-refractivity contribution is 7.89. The van der Waals surface area contributed by atoms with Crippen molar-refractivity contribution in [2.75, 3.05) is 0 Å². The molecule has 184 valence electrons. The van der Waals surface area contributed by atoms with Crippen LogP contribution in [-0.2, 0) is 26.2 Å². The fourth-order valence-electron chi connectivity index (χ4n) is 4.59. The molecule has 2 amide bonds. The molecule has 9 heteroatoms. The third-order valence-corrected chi connectivity index (χ3v) is 7.41. The molecule has 1 fully saturated rings. The number of amides is 2. The predicted molar refractivity (Wildman–Crippen MR) is 131 cm³/mol. The summed E-state index contributed by atoms with van der Waals surface area (Å²) in [5.41, 5.74) is 2.10. The van der Waals surface area contributed by atoms with Gasteiger partial charge in [0.05, 0.1) is 17.2 Å². The molecule has 4 rings (SSSR count). The maximum atomic E-state index is 12.9. The summed E-state index contributed by atoms with van der Waals surface area (Å²) in [7, 11) is -3.85. The lowest BCUT2D eigenvalue weighted by molar-refractivity contribution is -0.134. The highest BCUT2D eigenvalue weighted by Crippen LogP contribution is 2.33. The number of rotatable bonds is 8. The van der Waals surface area contributed by atoms with Gasteiger partial charge in [-0.3, -0.25) is 9.59 Å². The van der Waals surface area contributed by atoms with Crippen molar-refractivity contribution in [3.8, 4) is 11.1 Å². The summed E-state index contributed by atoms with van der Waals surface area (Å²) in [5, 5.41) is 11.2. The van der Waals surface area contributed by atoms with Crippen LogP contribution in [-0.4, -0.2) is 20.2 Å². The van der Waals surface area contributed by atoms with Crippen molar-refractivity contribution in [3.63, 3.8) is 0 Å². The minimum atomic E-state index is -3.85. The number of carbonyl (C=O) groups is 2. The molecule has 0 spiro atoms. The lowest BCUT2D eigenvalue weighted by Crippen LogP contribution is -2.40. The molecule has 0 radical (unpaired) electrons. The minimum Gasteiger partial charge on any atom is -0.467 e. The predicted octanol–water partition coefficient (Wildman–Crippen LogP) is 3.50. The Hall–Kier alpha value is -3.43. The summed E-state index contributed by atoms with van der Waals surface area (Å²) < 4.78 is 29.1. The van der Waals surface area contributed by atoms with E-state index >= 15 is 0 Å². The molecule has 4 N–H and O–H groups in total. The highest BCUT2D eigenvalue weighted by Gasteiger charge is 2.38. The standard InChI is InChI=1S/C26H29N3O5S/c1-17(23-9-5-15-34-23)29-26(31)22-8-4-7-21(22)25(30)28-16-18-11-13-19(14-12-18)20-6-2-3-10-24(20)35(27,32)33/h2-3,5-6,9-15,17,21-22H,4,7-8,16H2,1H3,(H,28,30)(H,29,31)(H2,27,32,33)/t17?,21-,22-/m1/s1. The van der Waals surface area contributed by atoms with Crippen LogP contribution in [0.1, 0.15) is 43.6 Å². The fraction of sp³-hybridized carbons (Fsp3) is 0.308. The van der Waals surface area contributed by atoms with Gasteiger partial charge in [0.1, 0.15) is 5.76 Å². The Labute approximate surface area is 205 Å². The van der Waals surface area contributed by atoms with E-state index in [-0.39, 0.29) is 34.6 Å². The van der Waals surface area contributed by atoms with Crippen LogP contribution in [0.3, 0.4) is 0 Å². The van der Waals surface area contributed by atoms with Gasteiger partial charge in [-0.15, -0.1) is 0 Å². The van der Waals surface area contributed by atoms with Gasteiger partial charge in [0.2, 0.25) is 21.8 Å². The van der Waals surface area contributed by atoms with E-state index in [9.17, 15) is 18.0 Å². The van der Waals surface area contributed by atoms with Gasteiger partial charge >= 0.3 is 0 Å². The van der Waals surface area contributed by atoms with E-state index in [1.807, 2.05) is 25.1 Å². The average molecular weight is 496 g/mol. The molecule has 2 aromatic carbocycles. The lowest BCUT2D eigenvalue weighted by atomic mass is 9.93. The molecular weight excluding hydrogens is 466 g/mol. The summed E-state index contributed by atoms with van der Waals surface area (Å²) in [5.74, 6) is -0.349. The third kappa shape index (κ3) is 5.80. The van der Waals surface area contributed by atoms with Gasteiger partial charge in [0.15, 0.2) is 0 Å². The molecule has 1 aromatic heterocycles. The van der Waals surface area contributed by atoms with Crippen LogP contribution in [0.5, 0.6) is 0 Å². The van der Waals surface area contributed by atoms with E-state index in [0.717, 1.165) is 12.0 Å². The first-order chi connectivity index (χ1) is 16.7. The molecular formula is C26H29N3O5S. The second-order valence-corrected chi connectivity index (χ2v) is 10.4. The van der Waals surface area contributed by atoms with Crippen LogP contribution in [0, 0.1) is 11.8 Å². The molecule has 0 bridgehead atoms. The van der Waals surface area contributed by atoms with Crippen LogP contribution in [0.15, 0.2) is 76.2 Å². The zero-order chi connectivity index (χ0) is 25.0. The second kappa shape index (κ2) is 10.5. The fourth-order valence-corrected chi connectivity index (χ4v) is 5.35. The molecule has 35 heavy (non-hydrogen) atoms. The second-order valence-electron chi connectivity index (χ2n) is 8.85. The molecule has 3 atom stereocenters. The number of sulfonamides is 1. The SMILES string of the molecule is CC(NC(=O)[C@@H]1CCC[C@H]1C(=O)NCc1ccc(-c2ccccc2S(N)(=O)=O)cc1)c1ccco1. The van der Waals surface area contributed by atoms with Gasteiger partial charge in [-0.05, 0) is 49.1 Å². The average Bonchev–Trinajstić information content (AvgIpc) is 3.55. The van der Waals surface area contributed by atoms with E-state index < -0.39 is 10.0 Å². The Balaban J connectivity index is 1.36. The topological polar surface area (TPSA) is 132 Å². The molecule has 8 nitrogen and oxygen atoms in total. The Morgan fingerprint density at radius 1 is 1.00 bits per heavy atom. The van der Waals surface area contributed by atoms with Crippen LogP contribution < -0.4 is 15.8 Å². The lowest BCUT2D eigenvalue weighted by Gasteiger charge is -2.21. The zero-order valence-electron chi connectivity index (χ0n) is 19.4. The van der Waals surface area contributed by atoms with Gasteiger partial charge in [0.25, 0.3) is 0 Å². The number of hydrogen-bond donors (Lipinski definition) is 3. The van der Waals surface area contributed by atoms with Crippen LogP contribution in [0.2, 0.25) is 0 Å². The maximum Gasteiger partial charge on any atom is 0.238 e. The highest BCUT2D eigenvalue weighted by atomic mass is 32.2. The molecule has 0 aliphatic heterocycles. The molecule has 1 saturated carbocycles. The van der Waals surface area contributed by atoms with E-state index in [4.69, 9.17) is 9.56 Å². The summed E-state index contributed by atoms with van der Waals surface area (Å²) >= 11 is 0. The van der Waals surface area contributed by atoms with E-state index in [0.29, 0.717) is 36.3 Å². The van der Waals surface area contributed by atoms with Gasteiger partial charge in [0, 0.05) is 23.9 Å². The van der Waals surface area contributed by atoms with E-state index in [2.05, 4.69) is 10.6 Å². The van der Waals surface area contributed by atoms with Crippen molar-refractivity contribution in [1.29, 1.82) is 0 Å². The van der Waals surface area contributed by atoms with Crippen molar-refractivity contribution in [2.45, 2.75) is 43.7 Å². The zero-order valence-corrected chi connectivity index (χ0v) is 20.3. The number of primary sulfonamides is 1. The van der Waals surface area contributed by atoms with Crippen molar-refractivity contribution >= 4 is 21.8 Å². The number of nitrogens with one attached hydrogen (secondary N) is 2. The third-order valence-electron chi connectivity index (χ3n) is 6.44. The maximum absolute atomic E-state index is 12.9.